The lowest BCUT2D eigenvalue weighted by Crippen LogP contribution is -2.35. The topological polar surface area (TPSA) is 53.5 Å². The van der Waals surface area contributed by atoms with Crippen LogP contribution in [0.15, 0.2) is 54.7 Å². The molecular weight excluding hydrogens is 370 g/mol. The number of carbonyl (C=O) groups is 2. The van der Waals surface area contributed by atoms with Crippen LogP contribution in [0.5, 0.6) is 0 Å². The van der Waals surface area contributed by atoms with Gasteiger partial charge in [0.1, 0.15) is 5.01 Å². The first-order valence-corrected chi connectivity index (χ1v) is 9.99. The number of benzene rings is 2. The Morgan fingerprint density at radius 2 is 1.89 bits per heavy atom. The summed E-state index contributed by atoms with van der Waals surface area (Å²) in [6, 6.07) is 15.6. The molecular formula is C22H21N3O2S. The summed E-state index contributed by atoms with van der Waals surface area (Å²) in [4.78, 5) is 33.0. The fourth-order valence-corrected chi connectivity index (χ4v) is 4.53. The standard InChI is InChI=1S/C22H21N3O2S/c1-15(26)25-12-11-16-7-3-4-8-17(16)19(25)13-22(27)24(2)14-21-23-18-9-5-6-10-20(18)28-21/h3-12,19H,13-14H2,1-2H3. The van der Waals surface area contributed by atoms with Crippen LogP contribution in [0.4, 0.5) is 0 Å². The molecule has 0 bridgehead atoms. The molecule has 2 amide bonds. The normalized spacial score (nSPS) is 15.5. The molecule has 0 aliphatic carbocycles. The van der Waals surface area contributed by atoms with E-state index < -0.39 is 0 Å². The molecule has 1 aliphatic rings. The SMILES string of the molecule is CC(=O)N1C=Cc2ccccc2C1CC(=O)N(C)Cc1nc2ccccc2s1. The molecule has 1 unspecified atom stereocenters. The largest absolute Gasteiger partial charge is 0.339 e. The van der Waals surface area contributed by atoms with E-state index in [1.807, 2.05) is 54.6 Å². The molecule has 0 saturated carbocycles. The van der Waals surface area contributed by atoms with Crippen molar-refractivity contribution in [1.82, 2.24) is 14.8 Å². The second-order valence-electron chi connectivity index (χ2n) is 6.92. The number of aromatic nitrogens is 1. The third kappa shape index (κ3) is 3.55. The fraction of sp³-hybridized carbons (Fsp3) is 0.227. The van der Waals surface area contributed by atoms with Gasteiger partial charge < -0.3 is 9.80 Å². The molecule has 1 aromatic heterocycles. The molecule has 2 aromatic carbocycles. The van der Waals surface area contributed by atoms with Crippen molar-refractivity contribution in [3.05, 3.63) is 70.9 Å². The first kappa shape index (κ1) is 18.4. The van der Waals surface area contributed by atoms with E-state index in [1.54, 1.807) is 34.4 Å². The Bertz CT molecular complexity index is 1040. The number of hydrogen-bond donors (Lipinski definition) is 0. The third-order valence-corrected chi connectivity index (χ3v) is 5.99. The Balaban J connectivity index is 1.52. The van der Waals surface area contributed by atoms with Crippen molar-refractivity contribution in [2.75, 3.05) is 7.05 Å². The van der Waals surface area contributed by atoms with E-state index in [2.05, 4.69) is 4.98 Å². The fourth-order valence-electron chi connectivity index (χ4n) is 3.51. The summed E-state index contributed by atoms with van der Waals surface area (Å²) in [6.07, 6.45) is 3.93. The number of para-hydroxylation sites is 1. The molecule has 0 spiro atoms. The van der Waals surface area contributed by atoms with Crippen molar-refractivity contribution >= 4 is 39.4 Å². The highest BCUT2D eigenvalue weighted by molar-refractivity contribution is 7.18. The van der Waals surface area contributed by atoms with E-state index in [0.717, 1.165) is 26.4 Å². The van der Waals surface area contributed by atoms with E-state index in [9.17, 15) is 9.59 Å². The van der Waals surface area contributed by atoms with Gasteiger partial charge in [0.2, 0.25) is 11.8 Å². The minimum atomic E-state index is -0.288. The molecule has 28 heavy (non-hydrogen) atoms. The number of carbonyl (C=O) groups excluding carboxylic acids is 2. The number of nitrogens with zero attached hydrogens (tertiary/aromatic N) is 3. The first-order chi connectivity index (χ1) is 13.5. The molecule has 3 aromatic rings. The van der Waals surface area contributed by atoms with Crippen LogP contribution in [0.25, 0.3) is 16.3 Å². The first-order valence-electron chi connectivity index (χ1n) is 9.17. The van der Waals surface area contributed by atoms with Gasteiger partial charge in [-0.15, -0.1) is 11.3 Å². The maximum absolute atomic E-state index is 12.9. The predicted molar refractivity (Wildman–Crippen MR) is 111 cm³/mol. The Morgan fingerprint density at radius 1 is 1.14 bits per heavy atom. The van der Waals surface area contributed by atoms with Crippen molar-refractivity contribution in [3.8, 4) is 0 Å². The van der Waals surface area contributed by atoms with E-state index in [4.69, 9.17) is 0 Å². The zero-order valence-corrected chi connectivity index (χ0v) is 16.6. The lowest BCUT2D eigenvalue weighted by atomic mass is 9.93. The van der Waals surface area contributed by atoms with Gasteiger partial charge in [-0.2, -0.15) is 0 Å². The molecule has 1 aliphatic heterocycles. The molecule has 142 valence electrons. The van der Waals surface area contributed by atoms with Crippen molar-refractivity contribution in [2.45, 2.75) is 25.9 Å². The van der Waals surface area contributed by atoms with E-state index in [-0.39, 0.29) is 24.3 Å². The van der Waals surface area contributed by atoms with Crippen LogP contribution in [0.1, 0.15) is 35.5 Å². The van der Waals surface area contributed by atoms with Gasteiger partial charge >= 0.3 is 0 Å². The second kappa shape index (κ2) is 7.56. The number of hydrogen-bond acceptors (Lipinski definition) is 4. The van der Waals surface area contributed by atoms with Gasteiger partial charge in [-0.1, -0.05) is 36.4 Å². The van der Waals surface area contributed by atoms with Crippen molar-refractivity contribution < 1.29 is 9.59 Å². The van der Waals surface area contributed by atoms with Crippen LogP contribution in [-0.2, 0) is 16.1 Å². The number of rotatable bonds is 4. The smallest absolute Gasteiger partial charge is 0.225 e. The van der Waals surface area contributed by atoms with Crippen LogP contribution in [0.2, 0.25) is 0 Å². The average molecular weight is 391 g/mol. The molecule has 6 heteroatoms. The van der Waals surface area contributed by atoms with Crippen LogP contribution in [0.3, 0.4) is 0 Å². The monoisotopic (exact) mass is 391 g/mol. The van der Waals surface area contributed by atoms with Gasteiger partial charge in [0.25, 0.3) is 0 Å². The third-order valence-electron chi connectivity index (χ3n) is 4.97. The summed E-state index contributed by atoms with van der Waals surface area (Å²) in [5.74, 6) is -0.0852. The highest BCUT2D eigenvalue weighted by atomic mass is 32.1. The minimum Gasteiger partial charge on any atom is -0.339 e. The number of amides is 2. The highest BCUT2D eigenvalue weighted by Crippen LogP contribution is 2.33. The molecule has 4 rings (SSSR count). The summed E-state index contributed by atoms with van der Waals surface area (Å²) in [6.45, 7) is 1.99. The maximum Gasteiger partial charge on any atom is 0.225 e. The molecule has 2 heterocycles. The van der Waals surface area contributed by atoms with Crippen LogP contribution < -0.4 is 0 Å². The predicted octanol–water partition coefficient (Wildman–Crippen LogP) is 4.22. The van der Waals surface area contributed by atoms with Gasteiger partial charge in [-0.3, -0.25) is 9.59 Å². The maximum atomic E-state index is 12.9. The second-order valence-corrected chi connectivity index (χ2v) is 8.03. The quantitative estimate of drug-likeness (QED) is 0.669. The Kier molecular flexibility index (Phi) is 4.96. The highest BCUT2D eigenvalue weighted by Gasteiger charge is 2.29. The summed E-state index contributed by atoms with van der Waals surface area (Å²) in [7, 11) is 1.79. The Hall–Kier alpha value is -2.99. The zero-order valence-electron chi connectivity index (χ0n) is 15.8. The summed E-state index contributed by atoms with van der Waals surface area (Å²) < 4.78 is 1.12. The van der Waals surface area contributed by atoms with Gasteiger partial charge in [-0.05, 0) is 29.3 Å². The van der Waals surface area contributed by atoms with Crippen LogP contribution >= 0.6 is 11.3 Å². The van der Waals surface area contributed by atoms with Crippen molar-refractivity contribution in [3.63, 3.8) is 0 Å². The van der Waals surface area contributed by atoms with Crippen LogP contribution in [-0.4, -0.2) is 33.6 Å². The average Bonchev–Trinajstić information content (AvgIpc) is 3.10. The summed E-state index contributed by atoms with van der Waals surface area (Å²) >= 11 is 1.60. The molecule has 0 fully saturated rings. The lowest BCUT2D eigenvalue weighted by molar-refractivity contribution is -0.134. The molecule has 1 atom stereocenters. The van der Waals surface area contributed by atoms with Gasteiger partial charge in [0.15, 0.2) is 0 Å². The van der Waals surface area contributed by atoms with E-state index >= 15 is 0 Å². The lowest BCUT2D eigenvalue weighted by Gasteiger charge is -2.33. The molecule has 5 nitrogen and oxygen atoms in total. The molecule has 0 saturated heterocycles. The minimum absolute atomic E-state index is 0.0133. The Labute approximate surface area is 167 Å². The van der Waals surface area contributed by atoms with Gasteiger partial charge in [0, 0.05) is 20.2 Å². The van der Waals surface area contributed by atoms with Crippen molar-refractivity contribution in [1.29, 1.82) is 0 Å². The molecule has 0 N–H and O–H groups in total. The zero-order chi connectivity index (χ0) is 19.7. The van der Waals surface area contributed by atoms with Gasteiger partial charge in [-0.25, -0.2) is 4.98 Å². The van der Waals surface area contributed by atoms with Crippen molar-refractivity contribution in [2.24, 2.45) is 0 Å². The summed E-state index contributed by atoms with van der Waals surface area (Å²) in [5, 5.41) is 0.907. The van der Waals surface area contributed by atoms with Gasteiger partial charge in [0.05, 0.1) is 29.2 Å². The number of fused-ring (bicyclic) bond motifs is 2. The van der Waals surface area contributed by atoms with Crippen LogP contribution in [0, 0.1) is 0 Å². The Morgan fingerprint density at radius 3 is 2.68 bits per heavy atom. The summed E-state index contributed by atoms with van der Waals surface area (Å²) in [5.41, 5.74) is 3.01. The number of thiazole rings is 1. The van der Waals surface area contributed by atoms with E-state index in [1.165, 1.54) is 6.92 Å². The van der Waals surface area contributed by atoms with E-state index in [0.29, 0.717) is 6.54 Å². The molecule has 0 radical (unpaired) electrons.